The summed E-state index contributed by atoms with van der Waals surface area (Å²) in [5, 5.41) is 14.8. The number of aromatic nitrogens is 2. The number of ether oxygens (including phenoxy) is 2. The lowest BCUT2D eigenvalue weighted by Gasteiger charge is -2.14. The number of nitrogens with zero attached hydrogens (tertiary/aromatic N) is 2. The minimum Gasteiger partial charge on any atom is -0.489 e. The molecule has 0 radical (unpaired) electrons. The molecular formula is C22H20ClFN4O5. The van der Waals surface area contributed by atoms with Crippen LogP contribution >= 0.6 is 11.6 Å². The van der Waals surface area contributed by atoms with Crippen LogP contribution in [-0.4, -0.2) is 46.8 Å². The van der Waals surface area contributed by atoms with Gasteiger partial charge in [-0.15, -0.1) is 0 Å². The highest BCUT2D eigenvalue weighted by Crippen LogP contribution is 2.31. The average Bonchev–Trinajstić information content (AvgIpc) is 2.78. The molecule has 0 atom stereocenters. The van der Waals surface area contributed by atoms with Gasteiger partial charge in [-0.2, -0.15) is 0 Å². The van der Waals surface area contributed by atoms with E-state index in [2.05, 4.69) is 20.6 Å². The first-order valence-corrected chi connectivity index (χ1v) is 10.2. The zero-order valence-corrected chi connectivity index (χ0v) is 18.2. The van der Waals surface area contributed by atoms with Gasteiger partial charge < -0.3 is 25.2 Å². The number of carboxylic acids is 1. The highest BCUT2D eigenvalue weighted by molar-refractivity contribution is 6.31. The Morgan fingerprint density at radius 3 is 2.76 bits per heavy atom. The molecule has 2 aromatic carbocycles. The maximum absolute atomic E-state index is 13.4. The third-order valence-corrected chi connectivity index (χ3v) is 4.47. The van der Waals surface area contributed by atoms with Crippen LogP contribution in [0.15, 0.2) is 48.7 Å². The first-order chi connectivity index (χ1) is 15.9. The van der Waals surface area contributed by atoms with Crippen molar-refractivity contribution in [3.05, 3.63) is 59.5 Å². The van der Waals surface area contributed by atoms with E-state index in [4.69, 9.17) is 26.2 Å². The van der Waals surface area contributed by atoms with Gasteiger partial charge in [0.1, 0.15) is 18.2 Å². The molecule has 3 rings (SSSR count). The van der Waals surface area contributed by atoms with Crippen molar-refractivity contribution < 1.29 is 28.6 Å². The highest BCUT2D eigenvalue weighted by atomic mass is 35.5. The third kappa shape index (κ3) is 6.86. The van der Waals surface area contributed by atoms with Gasteiger partial charge >= 0.3 is 5.97 Å². The van der Waals surface area contributed by atoms with Crippen molar-refractivity contribution in [2.75, 3.05) is 30.5 Å². The van der Waals surface area contributed by atoms with E-state index in [0.29, 0.717) is 41.2 Å². The molecule has 0 saturated heterocycles. The smallest absolute Gasteiger partial charge is 0.328 e. The summed E-state index contributed by atoms with van der Waals surface area (Å²) in [6, 6.07) is 7.36. The van der Waals surface area contributed by atoms with Gasteiger partial charge in [-0.3, -0.25) is 4.79 Å². The SMILES string of the molecule is CCOCCOc1cc2nc(Nc3ccc(F)c(Cl)c3)ncc2cc1NC(=O)/C=C/C(=O)O. The molecule has 0 saturated carbocycles. The zero-order valence-electron chi connectivity index (χ0n) is 17.5. The van der Waals surface area contributed by atoms with E-state index in [1.807, 2.05) is 6.92 Å². The lowest BCUT2D eigenvalue weighted by molar-refractivity contribution is -0.131. The fourth-order valence-corrected chi connectivity index (χ4v) is 2.90. The number of amides is 1. The molecule has 172 valence electrons. The summed E-state index contributed by atoms with van der Waals surface area (Å²) < 4.78 is 24.4. The van der Waals surface area contributed by atoms with Gasteiger partial charge in [0.2, 0.25) is 11.9 Å². The van der Waals surface area contributed by atoms with Crippen molar-refractivity contribution in [3.63, 3.8) is 0 Å². The largest absolute Gasteiger partial charge is 0.489 e. The minimum absolute atomic E-state index is 0.0388. The second-order valence-corrected chi connectivity index (χ2v) is 6.97. The summed E-state index contributed by atoms with van der Waals surface area (Å²) in [4.78, 5) is 31.4. The van der Waals surface area contributed by atoms with Gasteiger partial charge in [0.25, 0.3) is 0 Å². The molecule has 33 heavy (non-hydrogen) atoms. The van der Waals surface area contributed by atoms with E-state index in [1.54, 1.807) is 12.1 Å². The number of rotatable bonds is 10. The number of benzene rings is 2. The number of carbonyl (C=O) groups is 2. The second-order valence-electron chi connectivity index (χ2n) is 6.56. The topological polar surface area (TPSA) is 123 Å². The third-order valence-electron chi connectivity index (χ3n) is 4.18. The van der Waals surface area contributed by atoms with E-state index in [-0.39, 0.29) is 17.6 Å². The summed E-state index contributed by atoms with van der Waals surface area (Å²) in [5.41, 5.74) is 1.32. The van der Waals surface area contributed by atoms with Crippen LogP contribution in [0.4, 0.5) is 21.7 Å². The van der Waals surface area contributed by atoms with Gasteiger partial charge in [0.05, 0.1) is 22.8 Å². The lowest BCUT2D eigenvalue weighted by Crippen LogP contribution is -2.12. The van der Waals surface area contributed by atoms with Crippen molar-refractivity contribution in [2.45, 2.75) is 6.92 Å². The number of fused-ring (bicyclic) bond motifs is 1. The number of aliphatic carboxylic acids is 1. The van der Waals surface area contributed by atoms with E-state index < -0.39 is 17.7 Å². The minimum atomic E-state index is -1.24. The predicted octanol–water partition coefficient (Wildman–Crippen LogP) is 4.16. The monoisotopic (exact) mass is 474 g/mol. The molecule has 3 N–H and O–H groups in total. The normalized spacial score (nSPS) is 11.0. The number of carboxylic acid groups (broad SMARTS) is 1. The maximum Gasteiger partial charge on any atom is 0.328 e. The van der Waals surface area contributed by atoms with Crippen molar-refractivity contribution in [3.8, 4) is 5.75 Å². The number of hydrogen-bond acceptors (Lipinski definition) is 7. The number of halogens is 2. The quantitative estimate of drug-likeness (QED) is 0.295. The molecule has 1 amide bonds. The van der Waals surface area contributed by atoms with Crippen LogP contribution in [0.5, 0.6) is 5.75 Å². The van der Waals surface area contributed by atoms with E-state index >= 15 is 0 Å². The molecule has 0 aliphatic heterocycles. The maximum atomic E-state index is 13.4. The predicted molar refractivity (Wildman–Crippen MR) is 122 cm³/mol. The van der Waals surface area contributed by atoms with E-state index in [9.17, 15) is 14.0 Å². The summed E-state index contributed by atoms with van der Waals surface area (Å²) in [7, 11) is 0. The zero-order chi connectivity index (χ0) is 23.8. The van der Waals surface area contributed by atoms with Crippen molar-refractivity contribution in [1.29, 1.82) is 0 Å². The summed E-state index contributed by atoms with van der Waals surface area (Å²) in [5.74, 6) is -1.87. The highest BCUT2D eigenvalue weighted by Gasteiger charge is 2.12. The fourth-order valence-electron chi connectivity index (χ4n) is 2.72. The van der Waals surface area contributed by atoms with Crippen LogP contribution in [0.2, 0.25) is 5.02 Å². The molecule has 0 spiro atoms. The Balaban J connectivity index is 1.89. The summed E-state index contributed by atoms with van der Waals surface area (Å²) in [6.07, 6.45) is 3.16. The van der Waals surface area contributed by atoms with Crippen molar-refractivity contribution in [1.82, 2.24) is 9.97 Å². The number of hydrogen-bond donors (Lipinski definition) is 3. The molecule has 1 heterocycles. The number of carbonyl (C=O) groups excluding carboxylic acids is 1. The number of nitrogens with one attached hydrogen (secondary N) is 2. The van der Waals surface area contributed by atoms with E-state index in [1.165, 1.54) is 24.4 Å². The van der Waals surface area contributed by atoms with Crippen LogP contribution in [0.3, 0.4) is 0 Å². The van der Waals surface area contributed by atoms with Crippen LogP contribution in [0.1, 0.15) is 6.92 Å². The Morgan fingerprint density at radius 2 is 2.03 bits per heavy atom. The summed E-state index contributed by atoms with van der Waals surface area (Å²) in [6.45, 7) is 2.94. The second kappa shape index (κ2) is 11.2. The lowest BCUT2D eigenvalue weighted by atomic mass is 10.2. The van der Waals surface area contributed by atoms with Crippen LogP contribution in [0, 0.1) is 5.82 Å². The Bertz CT molecular complexity index is 1200. The number of anilines is 3. The average molecular weight is 475 g/mol. The molecule has 0 aliphatic rings. The Kier molecular flexibility index (Phi) is 8.11. The van der Waals surface area contributed by atoms with E-state index in [0.717, 1.165) is 12.2 Å². The molecule has 1 aromatic heterocycles. The van der Waals surface area contributed by atoms with Crippen LogP contribution in [-0.2, 0) is 14.3 Å². The fraction of sp³-hybridized carbons (Fsp3) is 0.182. The van der Waals surface area contributed by atoms with Crippen molar-refractivity contribution >= 4 is 51.7 Å². The van der Waals surface area contributed by atoms with Gasteiger partial charge in [0.15, 0.2) is 0 Å². The van der Waals surface area contributed by atoms with Gasteiger partial charge in [-0.25, -0.2) is 19.2 Å². The standard InChI is InChI=1S/C22H20ClFN4O5/c1-2-32-7-8-33-19-11-17-13(9-18(19)27-20(29)5-6-21(30)31)12-25-22(28-17)26-14-3-4-16(24)15(23)10-14/h3-6,9-12H,2,7-8H2,1H3,(H,27,29)(H,30,31)(H,25,26,28)/b6-5+. The Labute approximate surface area is 193 Å². The van der Waals surface area contributed by atoms with Gasteiger partial charge in [-0.1, -0.05) is 11.6 Å². The Hall–Kier alpha value is -3.76. The molecule has 9 nitrogen and oxygen atoms in total. The van der Waals surface area contributed by atoms with Crippen molar-refractivity contribution in [2.24, 2.45) is 0 Å². The van der Waals surface area contributed by atoms with Crippen LogP contribution in [0.25, 0.3) is 10.9 Å². The van der Waals surface area contributed by atoms with Crippen LogP contribution < -0.4 is 15.4 Å². The van der Waals surface area contributed by atoms with Gasteiger partial charge in [-0.05, 0) is 31.2 Å². The molecular weight excluding hydrogens is 455 g/mol. The summed E-state index contributed by atoms with van der Waals surface area (Å²) >= 11 is 5.81. The van der Waals surface area contributed by atoms with Gasteiger partial charge in [0, 0.05) is 42.1 Å². The molecule has 0 bridgehead atoms. The molecule has 0 unspecified atom stereocenters. The first kappa shape index (κ1) is 23.9. The molecule has 0 fully saturated rings. The molecule has 3 aromatic rings. The molecule has 11 heteroatoms. The first-order valence-electron chi connectivity index (χ1n) is 9.81. The molecule has 0 aliphatic carbocycles. The Morgan fingerprint density at radius 1 is 1.21 bits per heavy atom.